The molecule has 1 unspecified atom stereocenters. The van der Waals surface area contributed by atoms with E-state index in [2.05, 4.69) is 16.9 Å². The van der Waals surface area contributed by atoms with E-state index in [1.165, 1.54) is 36.0 Å². The molecule has 1 aliphatic heterocycles. The van der Waals surface area contributed by atoms with Gasteiger partial charge in [-0.2, -0.15) is 0 Å². The quantitative estimate of drug-likeness (QED) is 0.277. The van der Waals surface area contributed by atoms with Crippen LogP contribution in [0, 0.1) is 0 Å². The molecule has 0 radical (unpaired) electrons. The SMILES string of the molecule is C=C/C(=C\C(=C/COc1ccc(S(C)(=O)=O)cc1)OC(C)CCO)C(=O)NC1=NCC=CS1. The molecule has 8 nitrogen and oxygen atoms in total. The summed E-state index contributed by atoms with van der Waals surface area (Å²) in [6.07, 6.45) is 7.73. The van der Waals surface area contributed by atoms with Crippen molar-refractivity contribution in [1.82, 2.24) is 5.32 Å². The Morgan fingerprint density at radius 2 is 2.09 bits per heavy atom. The summed E-state index contributed by atoms with van der Waals surface area (Å²) in [6.45, 7) is 6.08. The van der Waals surface area contributed by atoms with Gasteiger partial charge >= 0.3 is 0 Å². The van der Waals surface area contributed by atoms with E-state index in [-0.39, 0.29) is 35.7 Å². The Hall–Kier alpha value is -2.82. The predicted molar refractivity (Wildman–Crippen MR) is 131 cm³/mol. The highest BCUT2D eigenvalue weighted by Gasteiger charge is 2.13. The second-order valence-corrected chi connectivity index (χ2v) is 9.91. The van der Waals surface area contributed by atoms with E-state index in [0.717, 1.165) is 6.26 Å². The standard InChI is InChI=1S/C23H28N2O6S2/c1-4-18(22(27)25-23-24-12-5-15-32-23)16-20(31-17(2)10-13-26)11-14-30-19-6-8-21(9-7-19)33(3,28)29/h4-9,11,15-17,26H,1,10,12-14H2,2-3H3,(H,24,25,27)/b18-16+,20-11+. The van der Waals surface area contributed by atoms with Crippen LogP contribution in [0.25, 0.3) is 0 Å². The van der Waals surface area contributed by atoms with Gasteiger partial charge in [0, 0.05) is 24.9 Å². The van der Waals surface area contributed by atoms with E-state index in [1.54, 1.807) is 25.1 Å². The van der Waals surface area contributed by atoms with E-state index in [1.807, 2.05) is 11.5 Å². The zero-order valence-corrected chi connectivity index (χ0v) is 20.2. The van der Waals surface area contributed by atoms with Gasteiger partial charge in [-0.25, -0.2) is 8.42 Å². The first kappa shape index (κ1) is 26.4. The number of hydrogen-bond donors (Lipinski definition) is 2. The summed E-state index contributed by atoms with van der Waals surface area (Å²) in [5.74, 6) is 0.465. The molecule has 0 bridgehead atoms. The van der Waals surface area contributed by atoms with Gasteiger partial charge in [0.15, 0.2) is 15.0 Å². The zero-order chi connectivity index (χ0) is 24.3. The van der Waals surface area contributed by atoms with E-state index in [0.29, 0.717) is 29.6 Å². The number of sulfone groups is 1. The van der Waals surface area contributed by atoms with Crippen LogP contribution in [-0.4, -0.2) is 56.7 Å². The number of aliphatic hydroxyl groups excluding tert-OH is 1. The van der Waals surface area contributed by atoms with Crippen LogP contribution in [0.2, 0.25) is 0 Å². The molecule has 1 atom stereocenters. The number of amides is 1. The first-order valence-electron chi connectivity index (χ1n) is 10.1. The molecule has 0 saturated carbocycles. The lowest BCUT2D eigenvalue weighted by Crippen LogP contribution is -2.29. The van der Waals surface area contributed by atoms with Crippen molar-refractivity contribution in [2.45, 2.75) is 24.3 Å². The summed E-state index contributed by atoms with van der Waals surface area (Å²) in [4.78, 5) is 17.0. The van der Waals surface area contributed by atoms with Crippen molar-refractivity contribution in [3.63, 3.8) is 0 Å². The van der Waals surface area contributed by atoms with Crippen molar-refractivity contribution < 1.29 is 27.8 Å². The topological polar surface area (TPSA) is 114 Å². The minimum Gasteiger partial charge on any atom is -0.491 e. The van der Waals surface area contributed by atoms with Gasteiger partial charge in [-0.05, 0) is 48.7 Å². The second kappa shape index (κ2) is 13.0. The molecule has 1 aromatic rings. The monoisotopic (exact) mass is 492 g/mol. The number of benzene rings is 1. The number of carbonyl (C=O) groups is 1. The number of thioether (sulfide) groups is 1. The average molecular weight is 493 g/mol. The third kappa shape index (κ3) is 9.29. The maximum Gasteiger partial charge on any atom is 0.257 e. The molecule has 1 amide bonds. The van der Waals surface area contributed by atoms with Crippen LogP contribution in [-0.2, 0) is 19.4 Å². The third-order valence-corrected chi connectivity index (χ3v) is 6.19. The maximum atomic E-state index is 12.6. The Bertz CT molecular complexity index is 1060. The van der Waals surface area contributed by atoms with Crippen LogP contribution < -0.4 is 10.1 Å². The molecule has 33 heavy (non-hydrogen) atoms. The Morgan fingerprint density at radius 1 is 1.36 bits per heavy atom. The van der Waals surface area contributed by atoms with E-state index >= 15 is 0 Å². The Kier molecular flexibility index (Phi) is 10.4. The number of amidine groups is 1. The molecule has 2 N–H and O–H groups in total. The lowest BCUT2D eigenvalue weighted by atomic mass is 10.2. The highest BCUT2D eigenvalue weighted by molar-refractivity contribution is 8.16. The maximum absolute atomic E-state index is 12.6. The summed E-state index contributed by atoms with van der Waals surface area (Å²) in [7, 11) is -3.28. The molecule has 0 spiro atoms. The van der Waals surface area contributed by atoms with Crippen LogP contribution in [0.3, 0.4) is 0 Å². The largest absolute Gasteiger partial charge is 0.491 e. The minimum absolute atomic E-state index is 0.0410. The Labute approximate surface area is 198 Å². The summed E-state index contributed by atoms with van der Waals surface area (Å²) < 4.78 is 34.7. The normalized spacial score (nSPS) is 15.4. The van der Waals surface area contributed by atoms with Crippen LogP contribution in [0.4, 0.5) is 0 Å². The van der Waals surface area contributed by atoms with Gasteiger partial charge in [0.05, 0.1) is 17.5 Å². The lowest BCUT2D eigenvalue weighted by Gasteiger charge is -2.16. The molecule has 178 valence electrons. The van der Waals surface area contributed by atoms with Crippen LogP contribution in [0.1, 0.15) is 13.3 Å². The van der Waals surface area contributed by atoms with Crippen molar-refractivity contribution in [3.8, 4) is 5.75 Å². The Balaban J connectivity index is 2.14. The van der Waals surface area contributed by atoms with Gasteiger partial charge in [0.2, 0.25) is 0 Å². The number of aliphatic hydroxyl groups is 1. The minimum atomic E-state index is -3.28. The van der Waals surface area contributed by atoms with Gasteiger partial charge in [0.1, 0.15) is 18.1 Å². The number of ether oxygens (including phenoxy) is 2. The smallest absolute Gasteiger partial charge is 0.257 e. The summed E-state index contributed by atoms with van der Waals surface area (Å²) in [5.41, 5.74) is 0.271. The van der Waals surface area contributed by atoms with Crippen molar-refractivity contribution >= 4 is 32.7 Å². The highest BCUT2D eigenvalue weighted by Crippen LogP contribution is 2.17. The van der Waals surface area contributed by atoms with Gasteiger partial charge in [-0.1, -0.05) is 30.5 Å². The number of carbonyl (C=O) groups excluding carboxylic acids is 1. The van der Waals surface area contributed by atoms with Crippen molar-refractivity contribution in [2.24, 2.45) is 4.99 Å². The molecular formula is C23H28N2O6S2. The first-order valence-corrected chi connectivity index (χ1v) is 12.9. The molecular weight excluding hydrogens is 464 g/mol. The number of nitrogens with zero attached hydrogens (tertiary/aromatic N) is 1. The fraction of sp³-hybridized carbons (Fsp3) is 0.304. The number of rotatable bonds is 11. The van der Waals surface area contributed by atoms with Crippen LogP contribution in [0.15, 0.2) is 81.8 Å². The first-order chi connectivity index (χ1) is 15.7. The van der Waals surface area contributed by atoms with E-state index in [4.69, 9.17) is 14.6 Å². The van der Waals surface area contributed by atoms with Crippen molar-refractivity contribution in [3.05, 3.63) is 71.9 Å². The molecule has 1 aliphatic rings. The molecule has 0 aliphatic carbocycles. The van der Waals surface area contributed by atoms with Gasteiger partial charge < -0.3 is 19.9 Å². The average Bonchev–Trinajstić information content (AvgIpc) is 2.77. The Morgan fingerprint density at radius 3 is 2.67 bits per heavy atom. The molecule has 1 heterocycles. The molecule has 0 saturated heterocycles. The van der Waals surface area contributed by atoms with Crippen molar-refractivity contribution in [2.75, 3.05) is 26.0 Å². The predicted octanol–water partition coefficient (Wildman–Crippen LogP) is 2.99. The highest BCUT2D eigenvalue weighted by atomic mass is 32.2. The molecule has 1 aromatic carbocycles. The fourth-order valence-corrected chi connectivity index (χ4v) is 3.80. The second-order valence-electron chi connectivity index (χ2n) is 7.00. The number of allylic oxidation sites excluding steroid dienone is 1. The zero-order valence-electron chi connectivity index (χ0n) is 18.6. The number of aliphatic imine (C=N–C) groups is 1. The van der Waals surface area contributed by atoms with Gasteiger partial charge in [0.25, 0.3) is 5.91 Å². The molecule has 2 rings (SSSR count). The number of nitrogens with one attached hydrogen (secondary N) is 1. The van der Waals surface area contributed by atoms with Crippen LogP contribution in [0.5, 0.6) is 5.75 Å². The molecule has 10 heteroatoms. The van der Waals surface area contributed by atoms with Crippen LogP contribution >= 0.6 is 11.8 Å². The summed E-state index contributed by atoms with van der Waals surface area (Å²) in [5, 5.41) is 14.3. The number of hydrogen-bond acceptors (Lipinski definition) is 8. The summed E-state index contributed by atoms with van der Waals surface area (Å²) >= 11 is 1.31. The lowest BCUT2D eigenvalue weighted by molar-refractivity contribution is -0.115. The van der Waals surface area contributed by atoms with Crippen molar-refractivity contribution in [1.29, 1.82) is 0 Å². The van der Waals surface area contributed by atoms with E-state index in [9.17, 15) is 13.2 Å². The molecule has 0 aromatic heterocycles. The van der Waals surface area contributed by atoms with Gasteiger partial charge in [-0.15, -0.1) is 0 Å². The van der Waals surface area contributed by atoms with Gasteiger partial charge in [-0.3, -0.25) is 9.79 Å². The molecule has 0 fully saturated rings. The fourth-order valence-electron chi connectivity index (χ4n) is 2.55. The third-order valence-electron chi connectivity index (χ3n) is 4.28. The van der Waals surface area contributed by atoms with E-state index < -0.39 is 9.84 Å². The summed E-state index contributed by atoms with van der Waals surface area (Å²) in [6, 6.07) is 6.07.